The Morgan fingerprint density at radius 3 is 2.67 bits per heavy atom. The summed E-state index contributed by atoms with van der Waals surface area (Å²) in [4.78, 5) is 15.8. The van der Waals surface area contributed by atoms with E-state index in [9.17, 15) is 4.79 Å². The molecule has 15 heavy (non-hydrogen) atoms. The highest BCUT2D eigenvalue weighted by molar-refractivity contribution is 5.69. The van der Waals surface area contributed by atoms with E-state index in [1.165, 1.54) is 0 Å². The van der Waals surface area contributed by atoms with E-state index < -0.39 is 5.60 Å². The summed E-state index contributed by atoms with van der Waals surface area (Å²) < 4.78 is 5.18. The van der Waals surface area contributed by atoms with Gasteiger partial charge < -0.3 is 9.64 Å². The van der Waals surface area contributed by atoms with Crippen molar-refractivity contribution in [1.82, 2.24) is 4.90 Å². The fraction of sp³-hybridized carbons (Fsp3) is 0.889. The molecule has 1 heterocycles. The summed E-state index contributed by atoms with van der Waals surface area (Å²) in [7, 11) is 0. The normalized spacial score (nSPS) is 16.6. The molecule has 0 spiro atoms. The molecule has 0 atom stereocenters. The van der Waals surface area contributed by atoms with E-state index in [1.807, 2.05) is 20.8 Å². The van der Waals surface area contributed by atoms with Crippen molar-refractivity contribution in [3.05, 3.63) is 10.4 Å². The Kier molecular flexibility index (Phi) is 3.42. The lowest BCUT2D eigenvalue weighted by atomic mass is 10.0. The van der Waals surface area contributed by atoms with Gasteiger partial charge in [0, 0.05) is 24.5 Å². The Hall–Kier alpha value is -1.42. The van der Waals surface area contributed by atoms with E-state index in [2.05, 4.69) is 10.0 Å². The SMILES string of the molecule is CC(C)(C)OC(=O)N1CC(CN=[N+]=[N-])C1. The average Bonchev–Trinajstić information content (AvgIpc) is 1.98. The van der Waals surface area contributed by atoms with Gasteiger partial charge in [0.05, 0.1) is 0 Å². The maximum Gasteiger partial charge on any atom is 0.410 e. The first-order valence-corrected chi connectivity index (χ1v) is 4.91. The second-order valence-corrected chi connectivity index (χ2v) is 4.66. The summed E-state index contributed by atoms with van der Waals surface area (Å²) >= 11 is 0. The molecule has 0 bridgehead atoms. The van der Waals surface area contributed by atoms with Crippen molar-refractivity contribution in [3.63, 3.8) is 0 Å². The zero-order valence-corrected chi connectivity index (χ0v) is 9.30. The monoisotopic (exact) mass is 212 g/mol. The zero-order valence-electron chi connectivity index (χ0n) is 9.30. The highest BCUT2D eigenvalue weighted by Gasteiger charge is 2.32. The van der Waals surface area contributed by atoms with Gasteiger partial charge in [0.1, 0.15) is 5.60 Å². The van der Waals surface area contributed by atoms with Crippen LogP contribution in [0.2, 0.25) is 0 Å². The van der Waals surface area contributed by atoms with Crippen molar-refractivity contribution < 1.29 is 9.53 Å². The molecule has 0 radical (unpaired) electrons. The van der Waals surface area contributed by atoms with Crippen LogP contribution in [0.1, 0.15) is 20.8 Å². The average molecular weight is 212 g/mol. The van der Waals surface area contributed by atoms with Crippen molar-refractivity contribution >= 4 is 6.09 Å². The summed E-state index contributed by atoms with van der Waals surface area (Å²) in [6.07, 6.45) is -0.292. The largest absolute Gasteiger partial charge is 0.444 e. The standard InChI is InChI=1S/C9H16N4O2/c1-9(2,3)15-8(14)13-5-7(6-13)4-11-12-10/h7H,4-6H2,1-3H3. The van der Waals surface area contributed by atoms with Crippen molar-refractivity contribution in [3.8, 4) is 0 Å². The van der Waals surface area contributed by atoms with Crippen molar-refractivity contribution in [1.29, 1.82) is 0 Å². The minimum absolute atomic E-state index is 0.286. The van der Waals surface area contributed by atoms with Crippen molar-refractivity contribution in [2.24, 2.45) is 11.0 Å². The van der Waals surface area contributed by atoms with E-state index in [0.717, 1.165) is 0 Å². The highest BCUT2D eigenvalue weighted by Crippen LogP contribution is 2.19. The summed E-state index contributed by atoms with van der Waals surface area (Å²) in [5.74, 6) is 0.286. The number of hydrogen-bond acceptors (Lipinski definition) is 3. The number of carbonyl (C=O) groups excluding carboxylic acids is 1. The van der Waals surface area contributed by atoms with E-state index >= 15 is 0 Å². The number of amides is 1. The molecule has 0 aromatic carbocycles. The third-order valence-corrected chi connectivity index (χ3v) is 2.01. The molecule has 6 nitrogen and oxygen atoms in total. The Balaban J connectivity index is 2.26. The van der Waals surface area contributed by atoms with Gasteiger partial charge in [-0.25, -0.2) is 4.79 Å². The van der Waals surface area contributed by atoms with Gasteiger partial charge in [-0.05, 0) is 32.2 Å². The molecule has 0 aromatic rings. The van der Waals surface area contributed by atoms with Crippen LogP contribution in [0.15, 0.2) is 5.11 Å². The first-order valence-electron chi connectivity index (χ1n) is 4.91. The molecule has 1 aliphatic rings. The predicted molar refractivity (Wildman–Crippen MR) is 55.3 cm³/mol. The summed E-state index contributed by atoms with van der Waals surface area (Å²) in [6.45, 7) is 7.20. The minimum Gasteiger partial charge on any atom is -0.444 e. The molecule has 0 saturated carbocycles. The number of rotatable bonds is 2. The molecule has 1 aliphatic heterocycles. The first-order chi connectivity index (χ1) is 6.92. The molecule has 84 valence electrons. The lowest BCUT2D eigenvalue weighted by Gasteiger charge is -2.39. The van der Waals surface area contributed by atoms with Crippen LogP contribution in [0.5, 0.6) is 0 Å². The minimum atomic E-state index is -0.451. The predicted octanol–water partition coefficient (Wildman–Crippen LogP) is 2.16. The fourth-order valence-corrected chi connectivity index (χ4v) is 1.31. The van der Waals surface area contributed by atoms with Crippen LogP contribution < -0.4 is 0 Å². The smallest absolute Gasteiger partial charge is 0.410 e. The maximum atomic E-state index is 11.5. The van der Waals surface area contributed by atoms with Crippen LogP contribution in [0.3, 0.4) is 0 Å². The number of likely N-dealkylation sites (tertiary alicyclic amines) is 1. The van der Waals surface area contributed by atoms with Gasteiger partial charge in [-0.3, -0.25) is 0 Å². The van der Waals surface area contributed by atoms with Crippen LogP contribution >= 0.6 is 0 Å². The lowest BCUT2D eigenvalue weighted by molar-refractivity contribution is 0.000349. The summed E-state index contributed by atoms with van der Waals surface area (Å²) in [5.41, 5.74) is 7.66. The van der Waals surface area contributed by atoms with Gasteiger partial charge in [0.2, 0.25) is 0 Å². The Bertz CT molecular complexity index is 285. The van der Waals surface area contributed by atoms with Gasteiger partial charge >= 0.3 is 6.09 Å². The molecule has 1 fully saturated rings. The third-order valence-electron chi connectivity index (χ3n) is 2.01. The molecule has 0 N–H and O–H groups in total. The molecule has 0 unspecified atom stereocenters. The third kappa shape index (κ3) is 3.67. The molecule has 1 saturated heterocycles. The molecular weight excluding hydrogens is 196 g/mol. The van der Waals surface area contributed by atoms with Crippen LogP contribution in [-0.4, -0.2) is 36.2 Å². The van der Waals surface area contributed by atoms with Gasteiger partial charge in [-0.15, -0.1) is 0 Å². The number of carbonyl (C=O) groups is 1. The Labute approximate surface area is 88.8 Å². The van der Waals surface area contributed by atoms with E-state index in [0.29, 0.717) is 19.6 Å². The van der Waals surface area contributed by atoms with Crippen molar-refractivity contribution in [2.75, 3.05) is 19.6 Å². The van der Waals surface area contributed by atoms with Gasteiger partial charge in [0.15, 0.2) is 0 Å². The summed E-state index contributed by atoms with van der Waals surface area (Å²) in [6, 6.07) is 0. The van der Waals surface area contributed by atoms with Gasteiger partial charge in [-0.2, -0.15) is 0 Å². The van der Waals surface area contributed by atoms with Gasteiger partial charge in [-0.1, -0.05) is 5.11 Å². The van der Waals surface area contributed by atoms with Crippen LogP contribution in [0.25, 0.3) is 10.4 Å². The molecular formula is C9H16N4O2. The molecule has 6 heteroatoms. The zero-order chi connectivity index (χ0) is 11.5. The molecule has 0 aliphatic carbocycles. The van der Waals surface area contributed by atoms with Crippen molar-refractivity contribution in [2.45, 2.75) is 26.4 Å². The number of azide groups is 1. The van der Waals surface area contributed by atoms with Crippen LogP contribution in [-0.2, 0) is 4.74 Å². The number of nitrogens with zero attached hydrogens (tertiary/aromatic N) is 4. The van der Waals surface area contributed by atoms with Crippen LogP contribution in [0.4, 0.5) is 4.79 Å². The topological polar surface area (TPSA) is 78.3 Å². The van der Waals surface area contributed by atoms with E-state index in [1.54, 1.807) is 4.90 Å². The first kappa shape index (κ1) is 11.7. The molecule has 1 amide bonds. The second-order valence-electron chi connectivity index (χ2n) is 4.66. The highest BCUT2D eigenvalue weighted by atomic mass is 16.6. The maximum absolute atomic E-state index is 11.5. The molecule has 1 rings (SSSR count). The van der Waals surface area contributed by atoms with Crippen LogP contribution in [0, 0.1) is 5.92 Å². The molecule has 0 aromatic heterocycles. The Morgan fingerprint density at radius 2 is 2.20 bits per heavy atom. The van der Waals surface area contributed by atoms with Gasteiger partial charge in [0.25, 0.3) is 0 Å². The fourth-order valence-electron chi connectivity index (χ4n) is 1.31. The number of ether oxygens (including phenoxy) is 1. The van der Waals surface area contributed by atoms with E-state index in [-0.39, 0.29) is 12.0 Å². The van der Waals surface area contributed by atoms with E-state index in [4.69, 9.17) is 10.3 Å². The lowest BCUT2D eigenvalue weighted by Crippen LogP contribution is -2.52. The quantitative estimate of drug-likeness (QED) is 0.399. The Morgan fingerprint density at radius 1 is 1.60 bits per heavy atom. The number of hydrogen-bond donors (Lipinski definition) is 0. The summed E-state index contributed by atoms with van der Waals surface area (Å²) in [5, 5.41) is 3.46. The second kappa shape index (κ2) is 4.40.